The fourth-order valence-electron chi connectivity index (χ4n) is 2.57. The zero-order chi connectivity index (χ0) is 16.1. The Hall–Kier alpha value is -2.26. The molecule has 1 aromatic rings. The van der Waals surface area contributed by atoms with Crippen LogP contribution in [0.5, 0.6) is 5.75 Å². The Kier molecular flexibility index (Phi) is 5.23. The predicted octanol–water partition coefficient (Wildman–Crippen LogP) is 1.90. The Balaban J connectivity index is 2.04. The fraction of sp³-hybridized carbons (Fsp3) is 0.375. The maximum atomic E-state index is 9.15. The second-order valence-electron chi connectivity index (χ2n) is 5.11. The van der Waals surface area contributed by atoms with E-state index in [1.54, 1.807) is 7.11 Å². The van der Waals surface area contributed by atoms with Gasteiger partial charge in [-0.2, -0.15) is 5.26 Å². The van der Waals surface area contributed by atoms with Gasteiger partial charge in [0.2, 0.25) is 0 Å². The van der Waals surface area contributed by atoms with E-state index in [9.17, 15) is 0 Å². The third-order valence-corrected chi connectivity index (χ3v) is 4.12. The topological polar surface area (TPSA) is 65.5 Å². The number of anilines is 1. The summed E-state index contributed by atoms with van der Waals surface area (Å²) in [6.45, 7) is 5.36. The van der Waals surface area contributed by atoms with Crippen LogP contribution in [0, 0.1) is 11.3 Å². The molecular weight excluding hydrogens is 296 g/mol. The number of ether oxygens (including phenoxy) is 1. The number of nitriles is 1. The van der Waals surface area contributed by atoms with Crippen LogP contribution in [0.1, 0.15) is 6.92 Å². The molecule has 1 saturated heterocycles. The highest BCUT2D eigenvalue weighted by Gasteiger charge is 2.20. The Bertz CT molecular complexity index is 610. The summed E-state index contributed by atoms with van der Waals surface area (Å²) in [5.74, 6) is 0.858. The van der Waals surface area contributed by atoms with Gasteiger partial charge in [0.25, 0.3) is 0 Å². The normalized spacial score (nSPS) is 15.9. The van der Waals surface area contributed by atoms with Gasteiger partial charge in [0, 0.05) is 37.6 Å². The van der Waals surface area contributed by atoms with E-state index in [2.05, 4.69) is 28.0 Å². The summed E-state index contributed by atoms with van der Waals surface area (Å²) >= 11 is 4.93. The smallest absolute Gasteiger partial charge is 0.119 e. The lowest BCUT2D eigenvalue weighted by Crippen LogP contribution is -2.46. The zero-order valence-electron chi connectivity index (χ0n) is 12.9. The van der Waals surface area contributed by atoms with E-state index in [1.807, 2.05) is 19.1 Å². The number of thiocarbonyl (C=S) groups is 1. The molecule has 0 spiro atoms. The lowest BCUT2D eigenvalue weighted by Gasteiger charge is -2.38. The molecule has 0 bridgehead atoms. The van der Waals surface area contributed by atoms with E-state index in [0.717, 1.165) is 37.6 Å². The second kappa shape index (κ2) is 7.14. The van der Waals surface area contributed by atoms with Crippen molar-refractivity contribution < 1.29 is 4.74 Å². The van der Waals surface area contributed by atoms with Crippen molar-refractivity contribution in [3.8, 4) is 11.8 Å². The minimum absolute atomic E-state index is 0.164. The first-order valence-electron chi connectivity index (χ1n) is 7.11. The Labute approximate surface area is 136 Å². The summed E-state index contributed by atoms with van der Waals surface area (Å²) in [6, 6.07) is 10.2. The molecule has 0 atom stereocenters. The van der Waals surface area contributed by atoms with Crippen molar-refractivity contribution in [3.05, 3.63) is 35.5 Å². The molecule has 1 heterocycles. The molecule has 0 amide bonds. The molecule has 1 fully saturated rings. The fourth-order valence-corrected chi connectivity index (χ4v) is 2.76. The predicted molar refractivity (Wildman–Crippen MR) is 91.9 cm³/mol. The van der Waals surface area contributed by atoms with Crippen LogP contribution in [-0.4, -0.2) is 43.2 Å². The SMILES string of the molecule is COc1ccc(N2CCN(C(C)=C(C#N)C(N)=S)CC2)cc1. The maximum Gasteiger partial charge on any atom is 0.119 e. The molecule has 5 nitrogen and oxygen atoms in total. The maximum absolute atomic E-state index is 9.15. The van der Waals surface area contributed by atoms with Gasteiger partial charge in [0.15, 0.2) is 0 Å². The molecule has 2 rings (SSSR count). The Morgan fingerprint density at radius 2 is 1.82 bits per heavy atom. The Morgan fingerprint density at radius 1 is 1.23 bits per heavy atom. The quantitative estimate of drug-likeness (QED) is 0.520. The molecule has 0 aromatic heterocycles. The van der Waals surface area contributed by atoms with Crippen LogP contribution in [0.25, 0.3) is 0 Å². The molecule has 0 aliphatic carbocycles. The van der Waals surface area contributed by atoms with Crippen LogP contribution in [-0.2, 0) is 0 Å². The first-order valence-corrected chi connectivity index (χ1v) is 7.52. The largest absolute Gasteiger partial charge is 0.497 e. The highest BCUT2D eigenvalue weighted by molar-refractivity contribution is 7.80. The first-order chi connectivity index (χ1) is 10.6. The number of nitrogens with zero attached hydrogens (tertiary/aromatic N) is 3. The first kappa shape index (κ1) is 16.1. The van der Waals surface area contributed by atoms with Gasteiger partial charge in [-0.05, 0) is 31.2 Å². The molecular formula is C16H20N4OS. The molecule has 1 aliphatic rings. The van der Waals surface area contributed by atoms with Crippen molar-refractivity contribution in [2.24, 2.45) is 5.73 Å². The van der Waals surface area contributed by atoms with E-state index >= 15 is 0 Å². The minimum Gasteiger partial charge on any atom is -0.497 e. The summed E-state index contributed by atoms with van der Waals surface area (Å²) in [4.78, 5) is 4.64. The molecule has 116 valence electrons. The second-order valence-corrected chi connectivity index (χ2v) is 5.55. The van der Waals surface area contributed by atoms with Gasteiger partial charge in [-0.1, -0.05) is 12.2 Å². The van der Waals surface area contributed by atoms with Crippen molar-refractivity contribution in [1.29, 1.82) is 5.26 Å². The van der Waals surface area contributed by atoms with Crippen LogP contribution < -0.4 is 15.4 Å². The van der Waals surface area contributed by atoms with Crippen molar-refractivity contribution in [3.63, 3.8) is 0 Å². The molecule has 0 saturated carbocycles. The Morgan fingerprint density at radius 3 is 2.27 bits per heavy atom. The van der Waals surface area contributed by atoms with Crippen LogP contribution in [0.4, 0.5) is 5.69 Å². The van der Waals surface area contributed by atoms with Crippen molar-refractivity contribution in [2.75, 3.05) is 38.2 Å². The van der Waals surface area contributed by atoms with Crippen molar-refractivity contribution >= 4 is 22.9 Å². The molecule has 1 aliphatic heterocycles. The summed E-state index contributed by atoms with van der Waals surface area (Å²) in [6.07, 6.45) is 0. The standard InChI is InChI=1S/C16H20N4OS/c1-12(15(11-17)16(18)22)19-7-9-20(10-8-19)13-3-5-14(21-2)6-4-13/h3-6H,7-10H2,1-2H3,(H2,18,22). The van der Waals surface area contributed by atoms with E-state index in [-0.39, 0.29) is 4.99 Å². The van der Waals surface area contributed by atoms with Crippen molar-refractivity contribution in [2.45, 2.75) is 6.92 Å². The highest BCUT2D eigenvalue weighted by Crippen LogP contribution is 2.22. The van der Waals surface area contributed by atoms with Gasteiger partial charge < -0.3 is 20.3 Å². The number of methoxy groups -OCH3 is 1. The van der Waals surface area contributed by atoms with Crippen molar-refractivity contribution in [1.82, 2.24) is 4.90 Å². The van der Waals surface area contributed by atoms with Gasteiger partial charge >= 0.3 is 0 Å². The zero-order valence-corrected chi connectivity index (χ0v) is 13.7. The third-order valence-electron chi connectivity index (χ3n) is 3.91. The van der Waals surface area contributed by atoms with Gasteiger partial charge in [-0.3, -0.25) is 0 Å². The third kappa shape index (κ3) is 3.49. The number of hydrogen-bond donors (Lipinski definition) is 1. The molecule has 6 heteroatoms. The molecule has 22 heavy (non-hydrogen) atoms. The number of piperazine rings is 1. The lowest BCUT2D eigenvalue weighted by atomic mass is 10.1. The number of rotatable bonds is 4. The van der Waals surface area contributed by atoms with E-state index < -0.39 is 0 Å². The molecule has 0 unspecified atom stereocenters. The summed E-state index contributed by atoms with van der Waals surface area (Å²) < 4.78 is 5.18. The van der Waals surface area contributed by atoms with Gasteiger partial charge in [0.1, 0.15) is 22.4 Å². The lowest BCUT2D eigenvalue weighted by molar-refractivity contribution is 0.321. The average molecular weight is 316 g/mol. The van der Waals surface area contributed by atoms with E-state index in [1.165, 1.54) is 5.69 Å². The molecule has 1 aromatic carbocycles. The molecule has 2 N–H and O–H groups in total. The van der Waals surface area contributed by atoms with Crippen LogP contribution >= 0.6 is 12.2 Å². The average Bonchev–Trinajstić information content (AvgIpc) is 2.55. The summed E-state index contributed by atoms with van der Waals surface area (Å²) in [5.41, 5.74) is 8.06. The van der Waals surface area contributed by atoms with E-state index in [0.29, 0.717) is 5.57 Å². The summed E-state index contributed by atoms with van der Waals surface area (Å²) in [5, 5.41) is 9.15. The van der Waals surface area contributed by atoms with Gasteiger partial charge in [-0.15, -0.1) is 0 Å². The van der Waals surface area contributed by atoms with Gasteiger partial charge in [0.05, 0.1) is 7.11 Å². The van der Waals surface area contributed by atoms with E-state index in [4.69, 9.17) is 28.0 Å². The monoisotopic (exact) mass is 316 g/mol. The number of allylic oxidation sites excluding steroid dienone is 1. The van der Waals surface area contributed by atoms with Crippen LogP contribution in [0.15, 0.2) is 35.5 Å². The van der Waals surface area contributed by atoms with Gasteiger partial charge in [-0.25, -0.2) is 0 Å². The number of benzene rings is 1. The van der Waals surface area contributed by atoms with Crippen LogP contribution in [0.3, 0.4) is 0 Å². The number of nitrogens with two attached hydrogens (primary N) is 1. The summed E-state index contributed by atoms with van der Waals surface area (Å²) in [7, 11) is 1.66. The van der Waals surface area contributed by atoms with Crippen LogP contribution in [0.2, 0.25) is 0 Å². The highest BCUT2D eigenvalue weighted by atomic mass is 32.1. The molecule has 0 radical (unpaired) electrons. The minimum atomic E-state index is 0.164. The number of hydrogen-bond acceptors (Lipinski definition) is 5.